The number of rotatable bonds is 11. The van der Waals surface area contributed by atoms with E-state index in [2.05, 4.69) is 19.2 Å². The highest BCUT2D eigenvalue weighted by Gasteiger charge is 2.26. The number of alkyl halides is 1. The van der Waals surface area contributed by atoms with Crippen molar-refractivity contribution in [3.63, 3.8) is 0 Å². The molecule has 8 heteroatoms. The fourth-order valence-corrected chi connectivity index (χ4v) is 3.66. The largest absolute Gasteiger partial charge is 0.491 e. The van der Waals surface area contributed by atoms with Crippen LogP contribution in [0.1, 0.15) is 38.8 Å². The van der Waals surface area contributed by atoms with Crippen LogP contribution >= 0.6 is 34.8 Å². The molecule has 2 N–H and O–H groups in total. The minimum atomic E-state index is -0.785. The quantitative estimate of drug-likeness (QED) is 0.401. The van der Waals surface area contributed by atoms with Crippen molar-refractivity contribution in [3.05, 3.63) is 57.6 Å². The molecule has 0 saturated carbocycles. The van der Waals surface area contributed by atoms with Gasteiger partial charge in [-0.3, -0.25) is 4.79 Å². The molecule has 0 aliphatic carbocycles. The number of hydrogen-bond donors (Lipinski definition) is 2. The molecule has 0 unspecified atom stereocenters. The van der Waals surface area contributed by atoms with Gasteiger partial charge in [-0.2, -0.15) is 0 Å². The maximum Gasteiger partial charge on any atom is 0.216 e. The number of benzene rings is 2. The van der Waals surface area contributed by atoms with Crippen molar-refractivity contribution < 1.29 is 19.4 Å². The van der Waals surface area contributed by atoms with Crippen molar-refractivity contribution in [1.29, 1.82) is 0 Å². The van der Waals surface area contributed by atoms with Gasteiger partial charge in [0, 0.05) is 30.7 Å². The van der Waals surface area contributed by atoms with E-state index in [9.17, 15) is 9.90 Å². The fraction of sp³-hybridized carbons (Fsp3) is 0.458. The molecule has 0 heterocycles. The number of carbonyl (C=O) groups excluding carboxylic acids is 1. The molecule has 0 spiro atoms. The third-order valence-electron chi connectivity index (χ3n) is 5.10. The van der Waals surface area contributed by atoms with Crippen LogP contribution in [0.3, 0.4) is 0 Å². The van der Waals surface area contributed by atoms with Crippen LogP contribution in [0.2, 0.25) is 10.0 Å². The van der Waals surface area contributed by atoms with Gasteiger partial charge in [-0.25, -0.2) is 0 Å². The lowest BCUT2D eigenvalue weighted by molar-refractivity contribution is -0.119. The van der Waals surface area contributed by atoms with E-state index in [4.69, 9.17) is 44.3 Å². The van der Waals surface area contributed by atoms with E-state index in [0.29, 0.717) is 34.0 Å². The second-order valence-electron chi connectivity index (χ2n) is 8.39. The summed E-state index contributed by atoms with van der Waals surface area (Å²) < 4.78 is 11.4. The highest BCUT2D eigenvalue weighted by Crippen LogP contribution is 2.40. The van der Waals surface area contributed by atoms with Crippen molar-refractivity contribution in [2.75, 3.05) is 25.6 Å². The summed E-state index contributed by atoms with van der Waals surface area (Å²) in [6, 6.07) is 11.4. The molecule has 0 saturated heterocycles. The first-order valence-corrected chi connectivity index (χ1v) is 11.7. The van der Waals surface area contributed by atoms with Crippen molar-refractivity contribution in [1.82, 2.24) is 5.32 Å². The van der Waals surface area contributed by atoms with Gasteiger partial charge in [0.05, 0.1) is 16.7 Å². The van der Waals surface area contributed by atoms with E-state index >= 15 is 0 Å². The van der Waals surface area contributed by atoms with Gasteiger partial charge in [-0.1, -0.05) is 56.1 Å². The molecule has 32 heavy (non-hydrogen) atoms. The summed E-state index contributed by atoms with van der Waals surface area (Å²) in [4.78, 5) is 10.9. The molecule has 176 valence electrons. The molecule has 0 aromatic heterocycles. The Kier molecular flexibility index (Phi) is 9.96. The number of carbonyl (C=O) groups is 1. The van der Waals surface area contributed by atoms with Gasteiger partial charge >= 0.3 is 0 Å². The Labute approximate surface area is 205 Å². The third-order valence-corrected chi connectivity index (χ3v) is 6.19. The average molecular weight is 503 g/mol. The molecular weight excluding hydrogens is 473 g/mol. The first-order valence-electron chi connectivity index (χ1n) is 10.4. The van der Waals surface area contributed by atoms with Gasteiger partial charge in [0.15, 0.2) is 5.75 Å². The average Bonchev–Trinajstić information content (AvgIpc) is 2.75. The summed E-state index contributed by atoms with van der Waals surface area (Å²) in [5.41, 5.74) is 1.61. The van der Waals surface area contributed by atoms with E-state index in [1.165, 1.54) is 6.92 Å². The van der Waals surface area contributed by atoms with Crippen molar-refractivity contribution in [2.45, 2.75) is 39.2 Å². The van der Waals surface area contributed by atoms with Gasteiger partial charge in [0.2, 0.25) is 5.91 Å². The number of nitrogens with one attached hydrogen (secondary N) is 1. The maximum absolute atomic E-state index is 10.9. The molecule has 2 rings (SSSR count). The zero-order valence-corrected chi connectivity index (χ0v) is 21.0. The Morgan fingerprint density at radius 2 is 1.66 bits per heavy atom. The smallest absolute Gasteiger partial charge is 0.216 e. The van der Waals surface area contributed by atoms with Crippen LogP contribution < -0.4 is 14.8 Å². The number of hydrogen-bond acceptors (Lipinski definition) is 4. The molecule has 2 atom stereocenters. The van der Waals surface area contributed by atoms with Crippen LogP contribution in [-0.2, 0) is 10.2 Å². The standard InChI is InChI=1S/C24H30Cl3NO4/c1-15(11-25)13-32-23-21(26)9-18(10-22(23)27)24(3,4)17-5-7-20(8-6-17)31-14-19(30)12-28-16(2)29/h5-10,15,19,30H,11-14H2,1-4H3,(H,28,29)/t15-,19-/m1/s1. The Hall–Kier alpha value is -1.66. The number of aliphatic hydroxyl groups is 1. The van der Waals surface area contributed by atoms with Crippen molar-refractivity contribution in [2.24, 2.45) is 5.92 Å². The predicted molar refractivity (Wildman–Crippen MR) is 131 cm³/mol. The van der Waals surface area contributed by atoms with E-state index in [-0.39, 0.29) is 30.4 Å². The molecule has 0 fully saturated rings. The molecule has 5 nitrogen and oxygen atoms in total. The van der Waals surface area contributed by atoms with E-state index in [1.807, 2.05) is 43.3 Å². The Morgan fingerprint density at radius 1 is 1.06 bits per heavy atom. The van der Waals surface area contributed by atoms with Crippen LogP contribution in [0, 0.1) is 5.92 Å². The molecule has 0 radical (unpaired) electrons. The summed E-state index contributed by atoms with van der Waals surface area (Å²) in [6.45, 7) is 8.22. The van der Waals surface area contributed by atoms with Crippen LogP contribution in [0.4, 0.5) is 0 Å². The van der Waals surface area contributed by atoms with Gasteiger partial charge in [-0.05, 0) is 35.4 Å². The van der Waals surface area contributed by atoms with Crippen LogP contribution in [0.15, 0.2) is 36.4 Å². The second-order valence-corrected chi connectivity index (χ2v) is 9.51. The van der Waals surface area contributed by atoms with Gasteiger partial charge in [0.25, 0.3) is 0 Å². The van der Waals surface area contributed by atoms with Crippen LogP contribution in [0.25, 0.3) is 0 Å². The third kappa shape index (κ3) is 7.45. The number of ether oxygens (including phenoxy) is 2. The Balaban J connectivity index is 2.10. The fourth-order valence-electron chi connectivity index (χ4n) is 2.98. The summed E-state index contributed by atoms with van der Waals surface area (Å²) >= 11 is 18.8. The highest BCUT2D eigenvalue weighted by molar-refractivity contribution is 6.37. The highest BCUT2D eigenvalue weighted by atomic mass is 35.5. The molecular formula is C24H30Cl3NO4. The zero-order valence-electron chi connectivity index (χ0n) is 18.8. The molecule has 2 aromatic rings. The number of halogens is 3. The monoisotopic (exact) mass is 501 g/mol. The Morgan fingerprint density at radius 3 is 2.19 bits per heavy atom. The van der Waals surface area contributed by atoms with Crippen LogP contribution in [0.5, 0.6) is 11.5 Å². The van der Waals surface area contributed by atoms with Crippen molar-refractivity contribution in [3.8, 4) is 11.5 Å². The topological polar surface area (TPSA) is 67.8 Å². The normalized spacial score (nSPS) is 13.4. The molecule has 0 aliphatic heterocycles. The summed E-state index contributed by atoms with van der Waals surface area (Å²) in [7, 11) is 0. The SMILES string of the molecule is CC(=O)NC[C@@H](O)COc1ccc(C(C)(C)c2cc(Cl)c(OC[C@H](C)CCl)c(Cl)c2)cc1. The minimum absolute atomic E-state index is 0.0814. The Bertz CT molecular complexity index is 880. The lowest BCUT2D eigenvalue weighted by Gasteiger charge is -2.27. The molecule has 0 aliphatic rings. The molecule has 0 bridgehead atoms. The van der Waals surface area contributed by atoms with E-state index in [1.54, 1.807) is 0 Å². The predicted octanol–water partition coefficient (Wildman–Crippen LogP) is 5.45. The summed E-state index contributed by atoms with van der Waals surface area (Å²) in [5.74, 6) is 1.58. The first-order chi connectivity index (χ1) is 15.0. The number of aliphatic hydroxyl groups excluding tert-OH is 1. The summed E-state index contributed by atoms with van der Waals surface area (Å²) in [6.07, 6.45) is -0.785. The lowest BCUT2D eigenvalue weighted by Crippen LogP contribution is -2.33. The first kappa shape index (κ1) is 26.6. The molecule has 1 amide bonds. The van der Waals surface area contributed by atoms with Crippen molar-refractivity contribution >= 4 is 40.7 Å². The van der Waals surface area contributed by atoms with Gasteiger partial charge in [-0.15, -0.1) is 11.6 Å². The van der Waals surface area contributed by atoms with Gasteiger partial charge in [0.1, 0.15) is 18.5 Å². The minimum Gasteiger partial charge on any atom is -0.491 e. The summed E-state index contributed by atoms with van der Waals surface area (Å²) in [5, 5.41) is 13.3. The lowest BCUT2D eigenvalue weighted by atomic mass is 9.78. The maximum atomic E-state index is 10.9. The molecule has 2 aromatic carbocycles. The van der Waals surface area contributed by atoms with Crippen LogP contribution in [-0.4, -0.2) is 42.8 Å². The zero-order chi connectivity index (χ0) is 23.9. The van der Waals surface area contributed by atoms with E-state index in [0.717, 1.165) is 11.1 Å². The number of amides is 1. The van der Waals surface area contributed by atoms with E-state index < -0.39 is 6.10 Å². The second kappa shape index (κ2) is 12.0. The van der Waals surface area contributed by atoms with Gasteiger partial charge < -0.3 is 19.9 Å².